The minimum atomic E-state index is -3.11. The molecule has 0 saturated carbocycles. The molecule has 0 fully saturated rings. The van der Waals surface area contributed by atoms with Crippen molar-refractivity contribution in [2.24, 2.45) is 4.99 Å². The van der Waals surface area contributed by atoms with E-state index >= 15 is 0 Å². The highest BCUT2D eigenvalue weighted by Crippen LogP contribution is 2.11. The van der Waals surface area contributed by atoms with E-state index in [9.17, 15) is 8.42 Å². The minimum Gasteiger partial charge on any atom is -0.497 e. The van der Waals surface area contributed by atoms with Gasteiger partial charge in [0, 0.05) is 26.7 Å². The van der Waals surface area contributed by atoms with Gasteiger partial charge in [0.2, 0.25) is 10.0 Å². The highest BCUT2D eigenvalue weighted by Gasteiger charge is 2.13. The second-order valence-electron chi connectivity index (χ2n) is 5.55. The third-order valence-electron chi connectivity index (χ3n) is 3.70. The van der Waals surface area contributed by atoms with Crippen LogP contribution in [0, 0.1) is 0 Å². The molecule has 150 valence electrons. The van der Waals surface area contributed by atoms with Gasteiger partial charge >= 0.3 is 0 Å². The monoisotopic (exact) mass is 498 g/mol. The number of hydrogen-bond donors (Lipinski definition) is 2. The van der Waals surface area contributed by atoms with Gasteiger partial charge in [-0.2, -0.15) is 0 Å². The molecule has 0 aromatic heterocycles. The molecule has 1 aromatic rings. The van der Waals surface area contributed by atoms with Crippen molar-refractivity contribution >= 4 is 40.0 Å². The lowest BCUT2D eigenvalue weighted by atomic mass is 10.2. The van der Waals surface area contributed by atoms with Crippen LogP contribution in [-0.2, 0) is 16.6 Å². The molecule has 7 nitrogen and oxygen atoms in total. The van der Waals surface area contributed by atoms with Crippen LogP contribution in [0.1, 0.15) is 25.8 Å². The van der Waals surface area contributed by atoms with Gasteiger partial charge in [0.25, 0.3) is 0 Å². The van der Waals surface area contributed by atoms with Crippen molar-refractivity contribution in [2.75, 3.05) is 39.5 Å². The number of sulfonamides is 1. The fourth-order valence-corrected chi connectivity index (χ4v) is 2.96. The lowest BCUT2D eigenvalue weighted by Crippen LogP contribution is -2.39. The van der Waals surface area contributed by atoms with Gasteiger partial charge in [-0.15, -0.1) is 24.0 Å². The highest BCUT2D eigenvalue weighted by molar-refractivity contribution is 14.0. The molecular weight excluding hydrogens is 467 g/mol. The maximum atomic E-state index is 11.7. The SMILES string of the molecule is CCNC(=NCc1ccc(OC)cc1)NCCCN(C)S(=O)(=O)CC.I. The Labute approximate surface area is 174 Å². The van der Waals surface area contributed by atoms with Crippen LogP contribution in [0.15, 0.2) is 29.3 Å². The van der Waals surface area contributed by atoms with Crippen LogP contribution in [-0.4, -0.2) is 58.2 Å². The third kappa shape index (κ3) is 9.04. The first-order valence-electron chi connectivity index (χ1n) is 8.52. The van der Waals surface area contributed by atoms with Gasteiger partial charge in [-0.05, 0) is 38.0 Å². The van der Waals surface area contributed by atoms with E-state index in [-0.39, 0.29) is 29.7 Å². The average Bonchev–Trinajstić information content (AvgIpc) is 2.63. The molecule has 0 bridgehead atoms. The normalized spacial score (nSPS) is 11.8. The molecule has 0 atom stereocenters. The van der Waals surface area contributed by atoms with E-state index in [0.29, 0.717) is 26.1 Å². The van der Waals surface area contributed by atoms with Gasteiger partial charge < -0.3 is 15.4 Å². The quantitative estimate of drug-likeness (QED) is 0.223. The van der Waals surface area contributed by atoms with Gasteiger partial charge in [-0.25, -0.2) is 17.7 Å². The molecule has 0 amide bonds. The minimum absolute atomic E-state index is 0. The van der Waals surface area contributed by atoms with E-state index in [2.05, 4.69) is 15.6 Å². The molecule has 9 heteroatoms. The van der Waals surface area contributed by atoms with Crippen LogP contribution in [0.5, 0.6) is 5.75 Å². The number of aliphatic imine (C=N–C) groups is 1. The molecule has 0 aliphatic heterocycles. The Bertz CT molecular complexity index is 636. The van der Waals surface area contributed by atoms with Crippen molar-refractivity contribution < 1.29 is 13.2 Å². The smallest absolute Gasteiger partial charge is 0.213 e. The summed E-state index contributed by atoms with van der Waals surface area (Å²) in [5, 5.41) is 6.42. The van der Waals surface area contributed by atoms with E-state index in [1.54, 1.807) is 21.1 Å². The number of nitrogens with zero attached hydrogens (tertiary/aromatic N) is 2. The Hall–Kier alpha value is -1.07. The number of hydrogen-bond acceptors (Lipinski definition) is 4. The summed E-state index contributed by atoms with van der Waals surface area (Å²) in [5.41, 5.74) is 1.09. The number of rotatable bonds is 10. The van der Waals surface area contributed by atoms with E-state index in [4.69, 9.17) is 4.74 Å². The zero-order valence-electron chi connectivity index (χ0n) is 16.0. The zero-order valence-corrected chi connectivity index (χ0v) is 19.1. The standard InChI is InChI=1S/C17H30N4O3S.HI/c1-5-18-17(19-12-7-13-21(3)25(22,23)6-2)20-14-15-8-10-16(24-4)11-9-15;/h8-11H,5-7,12-14H2,1-4H3,(H2,18,19,20);1H. The molecule has 0 aliphatic carbocycles. The fourth-order valence-electron chi connectivity index (χ4n) is 2.11. The molecule has 0 saturated heterocycles. The predicted octanol–water partition coefficient (Wildman–Crippen LogP) is 2.04. The molecule has 0 unspecified atom stereocenters. The summed E-state index contributed by atoms with van der Waals surface area (Å²) in [6.45, 7) is 6.12. The molecule has 0 heterocycles. The summed E-state index contributed by atoms with van der Waals surface area (Å²) in [6.07, 6.45) is 0.711. The average molecular weight is 498 g/mol. The Balaban J connectivity index is 0.00000625. The summed E-state index contributed by atoms with van der Waals surface area (Å²) in [7, 11) is 0.144. The topological polar surface area (TPSA) is 83.0 Å². The number of halogens is 1. The van der Waals surface area contributed by atoms with Crippen LogP contribution in [0.25, 0.3) is 0 Å². The van der Waals surface area contributed by atoms with E-state index in [1.165, 1.54) is 4.31 Å². The fraction of sp³-hybridized carbons (Fsp3) is 0.588. The predicted molar refractivity (Wildman–Crippen MR) is 118 cm³/mol. The third-order valence-corrected chi connectivity index (χ3v) is 5.57. The number of methoxy groups -OCH3 is 1. The molecular formula is C17H31IN4O3S. The summed E-state index contributed by atoms with van der Waals surface area (Å²) in [5.74, 6) is 1.67. The van der Waals surface area contributed by atoms with E-state index in [1.807, 2.05) is 31.2 Å². The summed E-state index contributed by atoms with van der Waals surface area (Å²) >= 11 is 0. The van der Waals surface area contributed by atoms with Crippen LogP contribution >= 0.6 is 24.0 Å². The Morgan fingerprint density at radius 3 is 2.38 bits per heavy atom. The van der Waals surface area contributed by atoms with Gasteiger partial charge in [0.1, 0.15) is 5.75 Å². The van der Waals surface area contributed by atoms with Crippen molar-refractivity contribution in [1.29, 1.82) is 0 Å². The second-order valence-corrected chi connectivity index (χ2v) is 7.91. The van der Waals surface area contributed by atoms with Crippen LogP contribution < -0.4 is 15.4 Å². The molecule has 0 aliphatic rings. The van der Waals surface area contributed by atoms with Crippen LogP contribution in [0.3, 0.4) is 0 Å². The number of guanidine groups is 1. The van der Waals surface area contributed by atoms with Gasteiger partial charge in [0.15, 0.2) is 5.96 Å². The maximum absolute atomic E-state index is 11.7. The molecule has 1 aromatic carbocycles. The highest BCUT2D eigenvalue weighted by atomic mass is 127. The Morgan fingerprint density at radius 2 is 1.85 bits per heavy atom. The van der Waals surface area contributed by atoms with Crippen LogP contribution in [0.4, 0.5) is 0 Å². The summed E-state index contributed by atoms with van der Waals surface area (Å²) < 4.78 is 29.9. The molecule has 26 heavy (non-hydrogen) atoms. The Morgan fingerprint density at radius 1 is 1.19 bits per heavy atom. The largest absolute Gasteiger partial charge is 0.497 e. The molecule has 0 spiro atoms. The van der Waals surface area contributed by atoms with Crippen molar-refractivity contribution in [3.8, 4) is 5.75 Å². The number of ether oxygens (including phenoxy) is 1. The van der Waals surface area contributed by atoms with Crippen LogP contribution in [0.2, 0.25) is 0 Å². The second kappa shape index (κ2) is 13.2. The first kappa shape index (κ1) is 24.9. The molecule has 2 N–H and O–H groups in total. The lowest BCUT2D eigenvalue weighted by Gasteiger charge is -2.16. The van der Waals surface area contributed by atoms with Crippen molar-refractivity contribution in [2.45, 2.75) is 26.8 Å². The number of benzene rings is 1. The van der Waals surface area contributed by atoms with Gasteiger partial charge in [-0.1, -0.05) is 12.1 Å². The van der Waals surface area contributed by atoms with Crippen molar-refractivity contribution in [1.82, 2.24) is 14.9 Å². The molecule has 0 radical (unpaired) electrons. The molecule has 1 rings (SSSR count). The van der Waals surface area contributed by atoms with Gasteiger partial charge in [-0.3, -0.25) is 0 Å². The van der Waals surface area contributed by atoms with Gasteiger partial charge in [0.05, 0.1) is 19.4 Å². The Kier molecular flexibility index (Phi) is 12.6. The first-order valence-corrected chi connectivity index (χ1v) is 10.1. The zero-order chi connectivity index (χ0) is 18.7. The van der Waals surface area contributed by atoms with Crippen molar-refractivity contribution in [3.63, 3.8) is 0 Å². The summed E-state index contributed by atoms with van der Waals surface area (Å²) in [4.78, 5) is 4.54. The lowest BCUT2D eigenvalue weighted by molar-refractivity contribution is 0.414. The maximum Gasteiger partial charge on any atom is 0.213 e. The summed E-state index contributed by atoms with van der Waals surface area (Å²) in [6, 6.07) is 7.79. The first-order chi connectivity index (χ1) is 11.9. The van der Waals surface area contributed by atoms with Crippen molar-refractivity contribution in [3.05, 3.63) is 29.8 Å². The van der Waals surface area contributed by atoms with E-state index < -0.39 is 10.0 Å². The number of nitrogens with one attached hydrogen (secondary N) is 2. The van der Waals surface area contributed by atoms with E-state index in [0.717, 1.165) is 23.8 Å².